The number of carboxylic acid groups (broad SMARTS) is 1. The number of carbonyl (C=O) groups excluding carboxylic acids is 3. The van der Waals surface area contributed by atoms with E-state index >= 15 is 0 Å². The molecule has 0 radical (unpaired) electrons. The Labute approximate surface area is 252 Å². The zero-order valence-electron chi connectivity index (χ0n) is 24.4. The van der Waals surface area contributed by atoms with Crippen molar-refractivity contribution in [2.24, 2.45) is 5.92 Å². The highest BCUT2D eigenvalue weighted by Gasteiger charge is 2.61. The van der Waals surface area contributed by atoms with Crippen molar-refractivity contribution < 1.29 is 38.1 Å². The zero-order chi connectivity index (χ0) is 30.9. The highest BCUT2D eigenvalue weighted by Crippen LogP contribution is 2.45. The minimum absolute atomic E-state index is 0.0110. The Morgan fingerprint density at radius 3 is 2.77 bits per heavy atom. The normalized spacial score (nSPS) is 29.0. The molecule has 0 bridgehead atoms. The number of rotatable bonds is 4. The molecule has 3 amide bonds. The third-order valence-corrected chi connectivity index (χ3v) is 8.82. The first-order valence-electron chi connectivity index (χ1n) is 14.6. The summed E-state index contributed by atoms with van der Waals surface area (Å²) in [6.07, 6.45) is 6.09. The second-order valence-electron chi connectivity index (χ2n) is 12.4. The lowest BCUT2D eigenvalue weighted by Crippen LogP contribution is -2.56. The average molecular weight is 617 g/mol. The predicted molar refractivity (Wildman–Crippen MR) is 156 cm³/mol. The third-order valence-electron chi connectivity index (χ3n) is 7.91. The summed E-state index contributed by atoms with van der Waals surface area (Å²) in [6, 6.07) is 2.20. The van der Waals surface area contributed by atoms with Crippen molar-refractivity contribution in [1.29, 1.82) is 0 Å². The van der Waals surface area contributed by atoms with Gasteiger partial charge in [-0.25, -0.2) is 19.0 Å². The molecular formula is C30H37FN4O7S. The van der Waals surface area contributed by atoms with E-state index in [-0.39, 0.29) is 30.5 Å². The van der Waals surface area contributed by atoms with Crippen LogP contribution in [0.25, 0.3) is 10.2 Å². The first kappa shape index (κ1) is 30.7. The van der Waals surface area contributed by atoms with Gasteiger partial charge in [0.25, 0.3) is 5.19 Å². The van der Waals surface area contributed by atoms with Crippen LogP contribution in [0.5, 0.6) is 5.19 Å². The molecule has 5 atom stereocenters. The van der Waals surface area contributed by atoms with Crippen LogP contribution in [0.2, 0.25) is 0 Å². The SMILES string of the molecule is CC(C)(C)OC(=O)N[C@H]1CCCCC/C=C\[C@H]2C[C@@]2(C(=O)O)NC(=O)[C@@H]2C[C@@H](Oc3nc4ccc(F)cc4s3)CN2C1=O. The number of fused-ring (bicyclic) bond motifs is 3. The number of nitrogens with one attached hydrogen (secondary N) is 2. The van der Waals surface area contributed by atoms with Gasteiger partial charge < -0.3 is 30.1 Å². The summed E-state index contributed by atoms with van der Waals surface area (Å²) in [6.45, 7) is 5.18. The Morgan fingerprint density at radius 1 is 1.23 bits per heavy atom. The van der Waals surface area contributed by atoms with Crippen molar-refractivity contribution in [2.45, 2.75) is 95.0 Å². The fraction of sp³-hybridized carbons (Fsp3) is 0.567. The number of alkyl carbamates (subject to hydrolysis) is 1. The van der Waals surface area contributed by atoms with Crippen LogP contribution < -0.4 is 15.4 Å². The number of carbonyl (C=O) groups is 4. The van der Waals surface area contributed by atoms with E-state index in [4.69, 9.17) is 9.47 Å². The van der Waals surface area contributed by atoms with E-state index in [9.17, 15) is 28.7 Å². The molecule has 2 fully saturated rings. The summed E-state index contributed by atoms with van der Waals surface area (Å²) in [5.74, 6) is -2.96. The number of carboxylic acids is 1. The lowest BCUT2D eigenvalue weighted by molar-refractivity contribution is -0.145. The number of thiazole rings is 1. The average Bonchev–Trinajstić information content (AvgIpc) is 3.23. The van der Waals surface area contributed by atoms with Gasteiger partial charge in [-0.05, 0) is 64.7 Å². The van der Waals surface area contributed by atoms with Crippen LogP contribution in [0.3, 0.4) is 0 Å². The standard InChI is InChI=1S/C30H37FN4O7S/c1-29(2,3)42-27(40)32-21-10-8-6-4-5-7-9-17-15-30(17,26(38)39)34-24(36)22-14-19(16-35(22)25(21)37)41-28-33-20-12-11-18(31)13-23(20)43-28/h7,9,11-13,17,19,21-22H,4-6,8,10,14-16H2,1-3H3,(H,32,40)(H,34,36)(H,38,39)/b9-7-/t17-,19+,21-,22-,30+/m0/s1. The molecule has 3 N–H and O–H groups in total. The maximum Gasteiger partial charge on any atom is 0.408 e. The van der Waals surface area contributed by atoms with Gasteiger partial charge in [-0.3, -0.25) is 9.59 Å². The van der Waals surface area contributed by atoms with Crippen LogP contribution in [0.1, 0.15) is 65.7 Å². The molecule has 1 saturated carbocycles. The molecule has 3 heterocycles. The number of halogens is 1. The largest absolute Gasteiger partial charge is 0.479 e. The molecule has 0 spiro atoms. The van der Waals surface area contributed by atoms with Gasteiger partial charge in [0.05, 0.1) is 16.8 Å². The third kappa shape index (κ3) is 7.09. The topological polar surface area (TPSA) is 147 Å². The molecule has 43 heavy (non-hydrogen) atoms. The summed E-state index contributed by atoms with van der Waals surface area (Å²) in [7, 11) is 0. The van der Waals surface area contributed by atoms with E-state index in [1.807, 2.05) is 12.2 Å². The molecule has 1 saturated heterocycles. The molecule has 11 nitrogen and oxygen atoms in total. The highest BCUT2D eigenvalue weighted by atomic mass is 32.1. The second-order valence-corrected chi connectivity index (χ2v) is 13.4. The van der Waals surface area contributed by atoms with E-state index in [0.29, 0.717) is 23.1 Å². The molecule has 2 aliphatic heterocycles. The molecule has 13 heteroatoms. The smallest absolute Gasteiger partial charge is 0.408 e. The van der Waals surface area contributed by atoms with Gasteiger partial charge in [0.1, 0.15) is 35.1 Å². The predicted octanol–water partition coefficient (Wildman–Crippen LogP) is 4.16. The van der Waals surface area contributed by atoms with E-state index in [1.54, 1.807) is 26.8 Å². The van der Waals surface area contributed by atoms with Crippen molar-refractivity contribution >= 4 is 45.4 Å². The number of hydrogen-bond acceptors (Lipinski definition) is 8. The van der Waals surface area contributed by atoms with Gasteiger partial charge in [0.2, 0.25) is 11.8 Å². The van der Waals surface area contributed by atoms with Crippen molar-refractivity contribution in [3.63, 3.8) is 0 Å². The quantitative estimate of drug-likeness (QED) is 0.434. The van der Waals surface area contributed by atoms with Gasteiger partial charge in [-0.1, -0.05) is 36.3 Å². The maximum atomic E-state index is 14.0. The number of ether oxygens (including phenoxy) is 2. The molecule has 2 aromatic rings. The molecule has 232 valence electrons. The fourth-order valence-electron chi connectivity index (χ4n) is 5.67. The molecule has 1 aromatic heterocycles. The van der Waals surface area contributed by atoms with Crippen LogP contribution in [0.4, 0.5) is 9.18 Å². The van der Waals surface area contributed by atoms with Crippen molar-refractivity contribution in [1.82, 2.24) is 20.5 Å². The second kappa shape index (κ2) is 12.1. The number of aromatic nitrogens is 1. The van der Waals surface area contributed by atoms with E-state index < -0.39 is 59.0 Å². The molecule has 0 unspecified atom stereocenters. The van der Waals surface area contributed by atoms with Gasteiger partial charge >= 0.3 is 12.1 Å². The Hall–Kier alpha value is -3.74. The Balaban J connectivity index is 1.42. The summed E-state index contributed by atoms with van der Waals surface area (Å²) in [5, 5.41) is 15.7. The molecular weight excluding hydrogens is 579 g/mol. The zero-order valence-corrected chi connectivity index (χ0v) is 25.2. The first-order valence-corrected chi connectivity index (χ1v) is 15.4. The summed E-state index contributed by atoms with van der Waals surface area (Å²) in [4.78, 5) is 58.5. The number of aliphatic carboxylic acids is 1. The van der Waals surface area contributed by atoms with Crippen LogP contribution >= 0.6 is 11.3 Å². The van der Waals surface area contributed by atoms with Gasteiger partial charge in [-0.2, -0.15) is 0 Å². The fourth-order valence-corrected chi connectivity index (χ4v) is 6.57. The van der Waals surface area contributed by atoms with E-state index in [0.717, 1.165) is 30.6 Å². The number of amides is 3. The molecule has 1 aromatic carbocycles. The Bertz CT molecular complexity index is 1440. The van der Waals surface area contributed by atoms with E-state index in [1.165, 1.54) is 17.0 Å². The monoisotopic (exact) mass is 616 g/mol. The van der Waals surface area contributed by atoms with Gasteiger partial charge in [0, 0.05) is 12.3 Å². The van der Waals surface area contributed by atoms with Crippen LogP contribution in [-0.2, 0) is 19.1 Å². The minimum atomic E-state index is -1.44. The van der Waals surface area contributed by atoms with Gasteiger partial charge in [-0.15, -0.1) is 0 Å². The van der Waals surface area contributed by atoms with Crippen LogP contribution in [0, 0.1) is 11.7 Å². The molecule has 5 rings (SSSR count). The number of hydrogen-bond donors (Lipinski definition) is 3. The summed E-state index contributed by atoms with van der Waals surface area (Å²) in [5.41, 5.74) is -1.66. The lowest BCUT2D eigenvalue weighted by atomic mass is 10.0. The highest BCUT2D eigenvalue weighted by molar-refractivity contribution is 7.20. The molecule has 3 aliphatic rings. The summed E-state index contributed by atoms with van der Waals surface area (Å²) >= 11 is 1.15. The van der Waals surface area contributed by atoms with Crippen molar-refractivity contribution in [3.8, 4) is 5.19 Å². The molecule has 1 aliphatic carbocycles. The van der Waals surface area contributed by atoms with E-state index in [2.05, 4.69) is 15.6 Å². The lowest BCUT2D eigenvalue weighted by Gasteiger charge is -2.30. The van der Waals surface area contributed by atoms with Crippen LogP contribution in [-0.4, -0.2) is 74.7 Å². The summed E-state index contributed by atoms with van der Waals surface area (Å²) < 4.78 is 25.8. The number of nitrogens with zero attached hydrogens (tertiary/aromatic N) is 2. The van der Waals surface area contributed by atoms with Crippen molar-refractivity contribution in [2.75, 3.05) is 6.54 Å². The first-order chi connectivity index (χ1) is 20.3. The maximum absolute atomic E-state index is 14.0. The van der Waals surface area contributed by atoms with Gasteiger partial charge in [0.15, 0.2) is 0 Å². The minimum Gasteiger partial charge on any atom is -0.479 e. The Morgan fingerprint density at radius 2 is 2.02 bits per heavy atom. The Kier molecular flexibility index (Phi) is 8.64. The van der Waals surface area contributed by atoms with Crippen LogP contribution in [0.15, 0.2) is 30.4 Å². The number of allylic oxidation sites excluding steroid dienone is 1. The van der Waals surface area contributed by atoms with Crippen molar-refractivity contribution in [3.05, 3.63) is 36.2 Å². The number of benzene rings is 1.